The molecule has 5 aromatic carbocycles. The van der Waals surface area contributed by atoms with E-state index in [1.54, 1.807) is 39.9 Å². The van der Waals surface area contributed by atoms with Gasteiger partial charge in [-0.15, -0.1) is 0 Å². The Morgan fingerprint density at radius 3 is 2.33 bits per heavy atom. The molecule has 296 valence electrons. The fraction of sp³-hybridized carbons (Fsp3) is 0.283. The maximum absolute atomic E-state index is 16.6. The van der Waals surface area contributed by atoms with Gasteiger partial charge in [-0.3, -0.25) is 19.3 Å². The Bertz CT molecular complexity index is 2460. The van der Waals surface area contributed by atoms with Crippen LogP contribution in [0, 0.1) is 5.92 Å². The second-order valence-corrected chi connectivity index (χ2v) is 20.9. The van der Waals surface area contributed by atoms with E-state index in [4.69, 9.17) is 9.47 Å². The van der Waals surface area contributed by atoms with Gasteiger partial charge in [-0.25, -0.2) is 0 Å². The van der Waals surface area contributed by atoms with Gasteiger partial charge in [-0.05, 0) is 90.8 Å². The second kappa shape index (κ2) is 14.6. The molecular formula is C46H43BrFN3O6Si. The predicted molar refractivity (Wildman–Crippen MR) is 225 cm³/mol. The number of aliphatic hydroxyl groups excluding tert-OH is 1. The maximum atomic E-state index is 16.6. The average molecular weight is 861 g/mol. The van der Waals surface area contributed by atoms with Crippen LogP contribution in [0.5, 0.6) is 11.5 Å². The topological polar surface area (TPSA) is 99.6 Å². The van der Waals surface area contributed by atoms with Crippen LogP contribution in [0.4, 0.5) is 21.2 Å². The van der Waals surface area contributed by atoms with Gasteiger partial charge in [0.15, 0.2) is 11.4 Å². The van der Waals surface area contributed by atoms with Gasteiger partial charge >= 0.3 is 0 Å². The van der Waals surface area contributed by atoms with Crippen LogP contribution in [0.2, 0.25) is 18.6 Å². The zero-order chi connectivity index (χ0) is 40.5. The third-order valence-electron chi connectivity index (χ3n) is 12.4. The fourth-order valence-corrected chi connectivity index (χ4v) is 12.6. The summed E-state index contributed by atoms with van der Waals surface area (Å²) in [7, 11) is -3.55. The van der Waals surface area contributed by atoms with Gasteiger partial charge in [0.25, 0.3) is 11.8 Å². The number of benzene rings is 5. The number of hydrogen-bond acceptors (Lipinski definition) is 6. The van der Waals surface area contributed by atoms with Gasteiger partial charge in [0.1, 0.15) is 5.75 Å². The number of ether oxygens (including phenoxy) is 2. The molecule has 9 rings (SSSR count). The van der Waals surface area contributed by atoms with E-state index in [0.29, 0.717) is 52.7 Å². The first-order valence-electron chi connectivity index (χ1n) is 19.6. The highest BCUT2D eigenvalue weighted by molar-refractivity contribution is 9.10. The molecule has 4 aliphatic rings. The van der Waals surface area contributed by atoms with Gasteiger partial charge in [0, 0.05) is 33.7 Å². The highest BCUT2D eigenvalue weighted by Crippen LogP contribution is 2.61. The molecule has 0 saturated carbocycles. The number of amides is 3. The minimum atomic E-state index is -3.55. The van der Waals surface area contributed by atoms with Gasteiger partial charge in [0.05, 0.1) is 48.7 Å². The molecule has 1 spiro atoms. The number of carbonyl (C=O) groups is 3. The SMILES string of the molecule is C[C@@H]1[C@@H]([Si](C)(C)F)[C@H](CC(=O)N2Cc3ccccc3C[C@H]2CO)O[C@@]12C(=O)N(Cc1ccc(N3C(=O)c4ccccc4Oc4ccccc43)cc1)c1ccc(Br)cc12. The quantitative estimate of drug-likeness (QED) is 0.130. The smallest absolute Gasteiger partial charge is 0.266 e. The van der Waals surface area contributed by atoms with Crippen molar-refractivity contribution in [2.75, 3.05) is 16.4 Å². The third kappa shape index (κ3) is 6.28. The lowest BCUT2D eigenvalue weighted by Crippen LogP contribution is -2.48. The van der Waals surface area contributed by atoms with Crippen molar-refractivity contribution in [2.24, 2.45) is 5.92 Å². The number of rotatable bonds is 7. The Kier molecular flexibility index (Phi) is 9.66. The molecule has 1 N–H and O–H groups in total. The van der Waals surface area contributed by atoms with Gasteiger partial charge < -0.3 is 28.5 Å². The van der Waals surface area contributed by atoms with E-state index in [1.165, 1.54) is 0 Å². The number of hydrogen-bond donors (Lipinski definition) is 1. The highest BCUT2D eigenvalue weighted by atomic mass is 79.9. The molecule has 0 bridgehead atoms. The lowest BCUT2D eigenvalue weighted by atomic mass is 9.82. The van der Waals surface area contributed by atoms with E-state index >= 15 is 8.90 Å². The van der Waals surface area contributed by atoms with Gasteiger partial charge in [-0.2, -0.15) is 0 Å². The van der Waals surface area contributed by atoms with Crippen LogP contribution in [0.25, 0.3) is 0 Å². The number of carbonyl (C=O) groups excluding carboxylic acids is 3. The largest absolute Gasteiger partial charge is 0.454 e. The first-order chi connectivity index (χ1) is 27.9. The number of anilines is 3. The van der Waals surface area contributed by atoms with Crippen molar-refractivity contribution in [2.45, 2.75) is 69.2 Å². The van der Waals surface area contributed by atoms with Crippen LogP contribution in [-0.4, -0.2) is 54.9 Å². The maximum Gasteiger partial charge on any atom is 0.266 e. The lowest BCUT2D eigenvalue weighted by Gasteiger charge is -2.37. The Morgan fingerprint density at radius 2 is 1.59 bits per heavy atom. The molecule has 9 nitrogen and oxygen atoms in total. The minimum Gasteiger partial charge on any atom is -0.454 e. The van der Waals surface area contributed by atoms with Crippen molar-refractivity contribution in [1.29, 1.82) is 0 Å². The number of nitrogens with zero attached hydrogens (tertiary/aromatic N) is 3. The summed E-state index contributed by atoms with van der Waals surface area (Å²) in [4.78, 5) is 48.3. The number of fused-ring (bicyclic) bond motifs is 5. The molecule has 5 aromatic rings. The fourth-order valence-electron chi connectivity index (χ4n) is 9.71. The molecule has 4 heterocycles. The molecule has 0 aliphatic carbocycles. The molecule has 4 aliphatic heterocycles. The zero-order valence-electron chi connectivity index (χ0n) is 32.4. The van der Waals surface area contributed by atoms with Crippen molar-refractivity contribution in [3.8, 4) is 11.5 Å². The van der Waals surface area contributed by atoms with E-state index in [0.717, 1.165) is 21.2 Å². The molecule has 1 fully saturated rings. The van der Waals surface area contributed by atoms with Crippen molar-refractivity contribution in [1.82, 2.24) is 4.90 Å². The van der Waals surface area contributed by atoms with E-state index in [9.17, 15) is 14.7 Å². The van der Waals surface area contributed by atoms with Crippen molar-refractivity contribution in [3.63, 3.8) is 0 Å². The molecule has 0 unspecified atom stereocenters. The molecule has 0 aromatic heterocycles. The summed E-state index contributed by atoms with van der Waals surface area (Å²) in [5, 5.41) is 10.3. The molecule has 3 amide bonds. The van der Waals surface area contributed by atoms with E-state index < -0.39 is 37.6 Å². The van der Waals surface area contributed by atoms with E-state index in [-0.39, 0.29) is 37.3 Å². The van der Waals surface area contributed by atoms with Gasteiger partial charge in [-0.1, -0.05) is 83.5 Å². The Morgan fingerprint density at radius 1 is 0.897 bits per heavy atom. The first kappa shape index (κ1) is 38.4. The number of aliphatic hydroxyl groups is 1. The van der Waals surface area contributed by atoms with Crippen LogP contribution >= 0.6 is 15.9 Å². The molecule has 58 heavy (non-hydrogen) atoms. The Balaban J connectivity index is 1.02. The van der Waals surface area contributed by atoms with Crippen LogP contribution in [0.3, 0.4) is 0 Å². The summed E-state index contributed by atoms with van der Waals surface area (Å²) >= 11 is 3.61. The van der Waals surface area contributed by atoms with Crippen LogP contribution in [-0.2, 0) is 39.4 Å². The third-order valence-corrected chi connectivity index (χ3v) is 15.3. The minimum absolute atomic E-state index is 0.109. The van der Waals surface area contributed by atoms with Crippen molar-refractivity contribution in [3.05, 3.63) is 148 Å². The molecule has 0 radical (unpaired) electrons. The summed E-state index contributed by atoms with van der Waals surface area (Å²) in [6.45, 7) is 5.48. The summed E-state index contributed by atoms with van der Waals surface area (Å²) in [5.74, 6) is -0.313. The predicted octanol–water partition coefficient (Wildman–Crippen LogP) is 9.19. The number of halogens is 2. The van der Waals surface area contributed by atoms with E-state index in [2.05, 4.69) is 15.9 Å². The molecule has 12 heteroatoms. The van der Waals surface area contributed by atoms with E-state index in [1.807, 2.05) is 110 Å². The zero-order valence-corrected chi connectivity index (χ0v) is 35.0. The van der Waals surface area contributed by atoms with Crippen LogP contribution < -0.4 is 14.5 Å². The highest BCUT2D eigenvalue weighted by Gasteiger charge is 2.67. The van der Waals surface area contributed by atoms with Crippen molar-refractivity contribution < 1.29 is 33.1 Å². The van der Waals surface area contributed by atoms with Crippen molar-refractivity contribution >= 4 is 59.1 Å². The summed E-state index contributed by atoms with van der Waals surface area (Å²) in [6, 6.07) is 35.2. The first-order valence-corrected chi connectivity index (χ1v) is 23.4. The molecule has 1 saturated heterocycles. The monoisotopic (exact) mass is 859 g/mol. The van der Waals surface area contributed by atoms with Gasteiger partial charge in [0.2, 0.25) is 14.3 Å². The Labute approximate surface area is 346 Å². The molecular weight excluding hydrogens is 818 g/mol. The summed E-state index contributed by atoms with van der Waals surface area (Å²) in [6.07, 6.45) is -0.442. The normalized spacial score (nSPS) is 23.6. The molecule has 5 atom stereocenters. The standard InChI is InChI=1S/C46H43BrFN3O6Si/c1-28-43(58(2,3)48)41(24-42(53)49-26-31-11-5-4-10-30(31)22-34(49)27-52)57-46(28)36-23-32(47)18-21-37(36)50(45(46)55)25-29-16-19-33(20-17-29)51-38-13-7-9-15-40(38)56-39-14-8-6-12-35(39)44(51)54/h4-21,23,28,34,41,43,52H,22,24-27H2,1-3H3/t28-,34+,41+,43-,46+/m1/s1. The number of para-hydroxylation sites is 3. The second-order valence-electron chi connectivity index (χ2n) is 16.2. The Hall–Kier alpha value is -5.14. The van der Waals surface area contributed by atoms with Crippen LogP contribution in [0.1, 0.15) is 46.0 Å². The van der Waals surface area contributed by atoms with Crippen LogP contribution in [0.15, 0.2) is 120 Å². The summed E-state index contributed by atoms with van der Waals surface area (Å²) in [5.41, 5.74) is 3.72. The summed E-state index contributed by atoms with van der Waals surface area (Å²) < 4.78 is 30.5. The lowest BCUT2D eigenvalue weighted by molar-refractivity contribution is -0.151. The average Bonchev–Trinajstić information content (AvgIpc) is 3.58.